The van der Waals surface area contributed by atoms with Crippen LogP contribution in [0.4, 0.5) is 11.5 Å². The van der Waals surface area contributed by atoms with Crippen molar-refractivity contribution in [3.63, 3.8) is 0 Å². The lowest BCUT2D eigenvalue weighted by Crippen LogP contribution is -2.24. The second-order valence-electron chi connectivity index (χ2n) is 6.40. The molecule has 0 saturated heterocycles. The number of benzene rings is 2. The van der Waals surface area contributed by atoms with Gasteiger partial charge in [0.2, 0.25) is 0 Å². The average molecular weight is 346 g/mol. The zero-order chi connectivity index (χ0) is 18.5. The molecule has 0 saturated carbocycles. The molecule has 26 heavy (non-hydrogen) atoms. The van der Waals surface area contributed by atoms with Gasteiger partial charge in [-0.3, -0.25) is 4.79 Å². The van der Waals surface area contributed by atoms with Crippen molar-refractivity contribution < 1.29 is 4.79 Å². The standard InChI is InChI=1S/C21H22N4O/c1-14-5-4-6-17(9-14)11-24-21(26)19-12-23-20(13-22-19)25-18-10-15(2)7-8-16(18)3/h4-10,12-13H,11H2,1-3H3,(H,23,25)(H,24,26). The number of nitrogens with one attached hydrogen (secondary N) is 2. The van der Waals surface area contributed by atoms with Crippen LogP contribution >= 0.6 is 0 Å². The van der Waals surface area contributed by atoms with E-state index >= 15 is 0 Å². The van der Waals surface area contributed by atoms with Crippen LogP contribution in [0.1, 0.15) is 32.7 Å². The first-order valence-electron chi connectivity index (χ1n) is 8.51. The molecule has 132 valence electrons. The molecular weight excluding hydrogens is 324 g/mol. The lowest BCUT2D eigenvalue weighted by molar-refractivity contribution is 0.0945. The van der Waals surface area contributed by atoms with E-state index in [-0.39, 0.29) is 5.91 Å². The number of amides is 1. The summed E-state index contributed by atoms with van der Waals surface area (Å²) in [6, 6.07) is 14.2. The Balaban J connectivity index is 1.63. The summed E-state index contributed by atoms with van der Waals surface area (Å²) in [6.07, 6.45) is 3.06. The number of nitrogens with zero attached hydrogens (tertiary/aromatic N) is 2. The van der Waals surface area contributed by atoms with Crippen molar-refractivity contribution in [2.75, 3.05) is 5.32 Å². The fraction of sp³-hybridized carbons (Fsp3) is 0.190. The first kappa shape index (κ1) is 17.6. The van der Waals surface area contributed by atoms with Gasteiger partial charge in [0.05, 0.1) is 12.4 Å². The SMILES string of the molecule is Cc1cccc(CNC(=O)c2cnc(Nc3cc(C)ccc3C)cn2)c1. The molecule has 0 aliphatic heterocycles. The Labute approximate surface area is 153 Å². The minimum absolute atomic E-state index is 0.239. The van der Waals surface area contributed by atoms with E-state index in [9.17, 15) is 4.79 Å². The predicted octanol–water partition coefficient (Wildman–Crippen LogP) is 4.08. The van der Waals surface area contributed by atoms with Gasteiger partial charge in [-0.05, 0) is 43.5 Å². The third kappa shape index (κ3) is 4.45. The molecule has 3 rings (SSSR count). The predicted molar refractivity (Wildman–Crippen MR) is 104 cm³/mol. The van der Waals surface area contributed by atoms with Gasteiger partial charge in [-0.15, -0.1) is 0 Å². The Morgan fingerprint density at radius 1 is 0.962 bits per heavy atom. The molecule has 0 bridgehead atoms. The van der Waals surface area contributed by atoms with E-state index in [1.165, 1.54) is 17.3 Å². The minimum atomic E-state index is -0.239. The number of hydrogen-bond acceptors (Lipinski definition) is 4. The van der Waals surface area contributed by atoms with E-state index in [0.717, 1.165) is 16.8 Å². The highest BCUT2D eigenvalue weighted by Gasteiger charge is 2.08. The number of carbonyl (C=O) groups is 1. The Kier molecular flexibility index (Phi) is 5.27. The average Bonchev–Trinajstić information content (AvgIpc) is 2.63. The second kappa shape index (κ2) is 7.78. The van der Waals surface area contributed by atoms with Gasteiger partial charge in [0, 0.05) is 12.2 Å². The quantitative estimate of drug-likeness (QED) is 0.731. The van der Waals surface area contributed by atoms with Gasteiger partial charge in [0.25, 0.3) is 5.91 Å². The summed E-state index contributed by atoms with van der Waals surface area (Å²) >= 11 is 0. The van der Waals surface area contributed by atoms with Crippen molar-refractivity contribution in [2.45, 2.75) is 27.3 Å². The van der Waals surface area contributed by atoms with Gasteiger partial charge in [-0.1, -0.05) is 42.0 Å². The van der Waals surface area contributed by atoms with Gasteiger partial charge < -0.3 is 10.6 Å². The summed E-state index contributed by atoms with van der Waals surface area (Å²) < 4.78 is 0. The van der Waals surface area contributed by atoms with Crippen LogP contribution in [-0.2, 0) is 6.54 Å². The van der Waals surface area contributed by atoms with Crippen molar-refractivity contribution in [1.82, 2.24) is 15.3 Å². The summed E-state index contributed by atoms with van der Waals surface area (Å²) in [5, 5.41) is 6.10. The Hall–Kier alpha value is -3.21. The lowest BCUT2D eigenvalue weighted by atomic mass is 10.1. The zero-order valence-corrected chi connectivity index (χ0v) is 15.2. The number of aryl methyl sites for hydroxylation is 3. The van der Waals surface area contributed by atoms with Crippen LogP contribution in [0.2, 0.25) is 0 Å². The van der Waals surface area contributed by atoms with E-state index in [0.29, 0.717) is 18.1 Å². The maximum atomic E-state index is 12.2. The zero-order valence-electron chi connectivity index (χ0n) is 15.2. The molecule has 5 heteroatoms. The molecule has 2 aromatic carbocycles. The van der Waals surface area contributed by atoms with E-state index in [1.807, 2.05) is 45.0 Å². The fourth-order valence-corrected chi connectivity index (χ4v) is 2.61. The molecule has 0 aliphatic rings. The van der Waals surface area contributed by atoms with E-state index in [1.54, 1.807) is 6.20 Å². The Morgan fingerprint density at radius 2 is 1.77 bits per heavy atom. The Morgan fingerprint density at radius 3 is 2.50 bits per heavy atom. The summed E-state index contributed by atoms with van der Waals surface area (Å²) in [5.74, 6) is 0.367. The third-order valence-electron chi connectivity index (χ3n) is 4.08. The van der Waals surface area contributed by atoms with Crippen molar-refractivity contribution in [1.29, 1.82) is 0 Å². The molecule has 0 radical (unpaired) electrons. The molecule has 0 aliphatic carbocycles. The molecular formula is C21H22N4O. The van der Waals surface area contributed by atoms with Crippen LogP contribution in [0.15, 0.2) is 54.9 Å². The summed E-state index contributed by atoms with van der Waals surface area (Å²) in [7, 11) is 0. The van der Waals surface area contributed by atoms with Crippen LogP contribution in [0, 0.1) is 20.8 Å². The molecule has 5 nitrogen and oxygen atoms in total. The van der Waals surface area contributed by atoms with Crippen molar-refractivity contribution in [2.24, 2.45) is 0 Å². The van der Waals surface area contributed by atoms with Crippen molar-refractivity contribution in [3.05, 3.63) is 82.8 Å². The number of carbonyl (C=O) groups excluding carboxylic acids is 1. The molecule has 0 unspecified atom stereocenters. The summed E-state index contributed by atoms with van der Waals surface area (Å²) in [5.41, 5.74) is 5.79. The fourth-order valence-electron chi connectivity index (χ4n) is 2.61. The van der Waals surface area contributed by atoms with Crippen molar-refractivity contribution >= 4 is 17.4 Å². The monoisotopic (exact) mass is 346 g/mol. The van der Waals surface area contributed by atoms with E-state index in [2.05, 4.69) is 38.8 Å². The number of hydrogen-bond donors (Lipinski definition) is 2. The highest BCUT2D eigenvalue weighted by Crippen LogP contribution is 2.20. The number of aromatic nitrogens is 2. The maximum Gasteiger partial charge on any atom is 0.271 e. The van der Waals surface area contributed by atoms with Crippen LogP contribution in [0.25, 0.3) is 0 Å². The number of anilines is 2. The van der Waals surface area contributed by atoms with E-state index < -0.39 is 0 Å². The van der Waals surface area contributed by atoms with E-state index in [4.69, 9.17) is 0 Å². The highest BCUT2D eigenvalue weighted by atomic mass is 16.1. The third-order valence-corrected chi connectivity index (χ3v) is 4.08. The van der Waals surface area contributed by atoms with Gasteiger partial charge >= 0.3 is 0 Å². The molecule has 1 amide bonds. The minimum Gasteiger partial charge on any atom is -0.347 e. The largest absolute Gasteiger partial charge is 0.347 e. The topological polar surface area (TPSA) is 66.9 Å². The van der Waals surface area contributed by atoms with Crippen LogP contribution in [0.3, 0.4) is 0 Å². The van der Waals surface area contributed by atoms with Gasteiger partial charge in [-0.25, -0.2) is 9.97 Å². The van der Waals surface area contributed by atoms with Gasteiger partial charge in [-0.2, -0.15) is 0 Å². The van der Waals surface area contributed by atoms with Crippen LogP contribution in [-0.4, -0.2) is 15.9 Å². The lowest BCUT2D eigenvalue weighted by Gasteiger charge is -2.10. The molecule has 0 spiro atoms. The Bertz CT molecular complexity index is 920. The van der Waals surface area contributed by atoms with Crippen LogP contribution in [0.5, 0.6) is 0 Å². The number of rotatable bonds is 5. The van der Waals surface area contributed by atoms with Gasteiger partial charge in [0.15, 0.2) is 0 Å². The summed E-state index contributed by atoms with van der Waals surface area (Å²) in [6.45, 7) is 6.56. The maximum absolute atomic E-state index is 12.2. The molecule has 0 atom stereocenters. The summed E-state index contributed by atoms with van der Waals surface area (Å²) in [4.78, 5) is 20.8. The first-order valence-corrected chi connectivity index (χ1v) is 8.51. The molecule has 1 aromatic heterocycles. The van der Waals surface area contributed by atoms with Crippen molar-refractivity contribution in [3.8, 4) is 0 Å². The highest BCUT2D eigenvalue weighted by molar-refractivity contribution is 5.92. The smallest absolute Gasteiger partial charge is 0.271 e. The second-order valence-corrected chi connectivity index (χ2v) is 6.40. The molecule has 2 N–H and O–H groups in total. The normalized spacial score (nSPS) is 10.4. The molecule has 0 fully saturated rings. The first-order chi connectivity index (χ1) is 12.5. The van der Waals surface area contributed by atoms with Gasteiger partial charge in [0.1, 0.15) is 11.5 Å². The molecule has 3 aromatic rings. The molecule has 1 heterocycles. The van der Waals surface area contributed by atoms with Crippen LogP contribution < -0.4 is 10.6 Å².